The van der Waals surface area contributed by atoms with Crippen LogP contribution in [0.1, 0.15) is 10.5 Å². The number of hydrogen-bond donors (Lipinski definition) is 2. The molecule has 2 N–H and O–H groups in total. The van der Waals surface area contributed by atoms with Crippen LogP contribution in [0.25, 0.3) is 0 Å². The number of carbonyl (C=O) groups excluding carboxylic acids is 1. The number of carbonyl (C=O) groups is 1. The molecule has 2 aromatic rings. The zero-order chi connectivity index (χ0) is 15.6. The molecule has 0 atom stereocenters. The number of aromatic nitrogens is 1. The number of hydrogen-bond acceptors (Lipinski definition) is 3. The summed E-state index contributed by atoms with van der Waals surface area (Å²) in [6.45, 7) is 0. The van der Waals surface area contributed by atoms with E-state index < -0.39 is 32.5 Å². The van der Waals surface area contributed by atoms with E-state index in [0.29, 0.717) is 12.1 Å². The van der Waals surface area contributed by atoms with Crippen LogP contribution in [0.15, 0.2) is 41.4 Å². The van der Waals surface area contributed by atoms with Gasteiger partial charge in [-0.2, -0.15) is 0 Å². The number of benzene rings is 1. The van der Waals surface area contributed by atoms with E-state index in [2.05, 4.69) is 0 Å². The van der Waals surface area contributed by atoms with Gasteiger partial charge in [0.2, 0.25) is 0 Å². The van der Waals surface area contributed by atoms with E-state index in [1.54, 1.807) is 24.1 Å². The van der Waals surface area contributed by atoms with Crippen molar-refractivity contribution in [1.82, 2.24) is 14.8 Å². The second-order valence-electron chi connectivity index (χ2n) is 4.14. The molecule has 1 aromatic carbocycles. The summed E-state index contributed by atoms with van der Waals surface area (Å²) in [5.41, 5.74) is 2.12. The van der Waals surface area contributed by atoms with Crippen LogP contribution in [-0.2, 0) is 17.1 Å². The molecule has 0 radical (unpaired) electrons. The first-order valence-electron chi connectivity index (χ1n) is 5.70. The van der Waals surface area contributed by atoms with Crippen molar-refractivity contribution in [3.05, 3.63) is 53.9 Å². The minimum Gasteiger partial charge on any atom is -0.347 e. The zero-order valence-electron chi connectivity index (χ0n) is 10.8. The third-order valence-corrected chi connectivity index (χ3v) is 3.92. The van der Waals surface area contributed by atoms with Crippen molar-refractivity contribution in [2.45, 2.75) is 4.90 Å². The Morgan fingerprint density at radius 3 is 2.57 bits per heavy atom. The van der Waals surface area contributed by atoms with Crippen LogP contribution in [0, 0.1) is 11.6 Å². The lowest BCUT2D eigenvalue weighted by Gasteiger charge is -2.09. The van der Waals surface area contributed by atoms with E-state index in [9.17, 15) is 22.0 Å². The van der Waals surface area contributed by atoms with Gasteiger partial charge >= 0.3 is 0 Å². The molecule has 0 spiro atoms. The van der Waals surface area contributed by atoms with Crippen molar-refractivity contribution in [2.75, 3.05) is 0 Å². The van der Waals surface area contributed by atoms with E-state index in [4.69, 9.17) is 0 Å². The topological polar surface area (TPSA) is 80.2 Å². The third-order valence-electron chi connectivity index (χ3n) is 2.66. The summed E-state index contributed by atoms with van der Waals surface area (Å²) in [6, 6.07) is 5.05. The molecule has 0 saturated heterocycles. The first kappa shape index (κ1) is 15.1. The van der Waals surface area contributed by atoms with Gasteiger partial charge in [-0.3, -0.25) is 10.2 Å². The normalized spacial score (nSPS) is 11.4. The average Bonchev–Trinajstić information content (AvgIpc) is 2.85. The van der Waals surface area contributed by atoms with Crippen molar-refractivity contribution in [3.8, 4) is 0 Å². The highest BCUT2D eigenvalue weighted by atomic mass is 32.2. The highest BCUT2D eigenvalue weighted by Gasteiger charge is 2.21. The molecule has 1 amide bonds. The number of nitrogens with zero attached hydrogens (tertiary/aromatic N) is 1. The molecule has 0 aliphatic heterocycles. The lowest BCUT2D eigenvalue weighted by Crippen LogP contribution is -2.42. The third kappa shape index (κ3) is 3.26. The Kier molecular flexibility index (Phi) is 4.05. The summed E-state index contributed by atoms with van der Waals surface area (Å²) in [5, 5.41) is 0. The Balaban J connectivity index is 2.17. The minimum absolute atomic E-state index is 0.192. The molecule has 0 aliphatic rings. The number of nitrogens with one attached hydrogen (secondary N) is 2. The van der Waals surface area contributed by atoms with Crippen LogP contribution in [0.5, 0.6) is 0 Å². The Labute approximate surface area is 119 Å². The van der Waals surface area contributed by atoms with Gasteiger partial charge in [0.25, 0.3) is 15.9 Å². The summed E-state index contributed by atoms with van der Waals surface area (Å²) in [4.78, 5) is 12.5. The molecule has 6 nitrogen and oxygen atoms in total. The fourth-order valence-electron chi connectivity index (χ4n) is 1.61. The van der Waals surface area contributed by atoms with Gasteiger partial charge in [0.15, 0.2) is 0 Å². The van der Waals surface area contributed by atoms with Crippen LogP contribution in [0.3, 0.4) is 0 Å². The SMILES string of the molecule is Cn1cccc1C(=O)NNS(=O)(=O)c1cc(F)ccc1F. The molecule has 1 aromatic heterocycles. The smallest absolute Gasteiger partial charge is 0.282 e. The molecular formula is C12H11F2N3O3S. The first-order chi connectivity index (χ1) is 9.81. The number of halogens is 2. The van der Waals surface area contributed by atoms with Gasteiger partial charge in [0, 0.05) is 13.2 Å². The molecule has 2 rings (SSSR count). The van der Waals surface area contributed by atoms with E-state index in [0.717, 1.165) is 6.07 Å². The number of amides is 1. The van der Waals surface area contributed by atoms with Gasteiger partial charge in [-0.1, -0.05) is 0 Å². The second kappa shape index (κ2) is 5.62. The molecule has 0 fully saturated rings. The van der Waals surface area contributed by atoms with Crippen molar-refractivity contribution >= 4 is 15.9 Å². The van der Waals surface area contributed by atoms with Gasteiger partial charge in [-0.15, -0.1) is 4.83 Å². The maximum atomic E-state index is 13.4. The Morgan fingerprint density at radius 1 is 1.24 bits per heavy atom. The molecule has 0 bridgehead atoms. The molecule has 112 valence electrons. The molecule has 9 heteroatoms. The average molecular weight is 315 g/mol. The van der Waals surface area contributed by atoms with Gasteiger partial charge in [-0.05, 0) is 30.3 Å². The molecule has 0 unspecified atom stereocenters. The Bertz CT molecular complexity index is 787. The van der Waals surface area contributed by atoms with E-state index >= 15 is 0 Å². The van der Waals surface area contributed by atoms with Gasteiger partial charge in [0.05, 0.1) is 0 Å². The van der Waals surface area contributed by atoms with Crippen molar-refractivity contribution in [3.63, 3.8) is 0 Å². The predicted molar refractivity (Wildman–Crippen MR) is 69.6 cm³/mol. The quantitative estimate of drug-likeness (QED) is 0.824. The van der Waals surface area contributed by atoms with Crippen molar-refractivity contribution in [1.29, 1.82) is 0 Å². The monoisotopic (exact) mass is 315 g/mol. The van der Waals surface area contributed by atoms with E-state index in [-0.39, 0.29) is 5.69 Å². The van der Waals surface area contributed by atoms with E-state index in [1.165, 1.54) is 10.6 Å². The first-order valence-corrected chi connectivity index (χ1v) is 7.18. The summed E-state index contributed by atoms with van der Waals surface area (Å²) in [5.74, 6) is -2.77. The van der Waals surface area contributed by atoms with Crippen molar-refractivity contribution < 1.29 is 22.0 Å². The molecular weight excluding hydrogens is 304 g/mol. The fourth-order valence-corrected chi connectivity index (χ4v) is 2.54. The van der Waals surface area contributed by atoms with Crippen LogP contribution in [0.2, 0.25) is 0 Å². The van der Waals surface area contributed by atoms with Gasteiger partial charge < -0.3 is 4.57 Å². The molecule has 0 aliphatic carbocycles. The minimum atomic E-state index is -4.42. The van der Waals surface area contributed by atoms with Gasteiger partial charge in [0.1, 0.15) is 22.2 Å². The lowest BCUT2D eigenvalue weighted by atomic mass is 10.3. The predicted octanol–water partition coefficient (Wildman–Crippen LogP) is 0.927. The molecule has 1 heterocycles. The van der Waals surface area contributed by atoms with Crippen LogP contribution >= 0.6 is 0 Å². The summed E-state index contributed by atoms with van der Waals surface area (Å²) in [7, 11) is -2.83. The number of hydrazine groups is 1. The molecule has 0 saturated carbocycles. The summed E-state index contributed by atoms with van der Waals surface area (Å²) in [6.07, 6.45) is 1.59. The van der Waals surface area contributed by atoms with Crippen LogP contribution in [0.4, 0.5) is 8.78 Å². The van der Waals surface area contributed by atoms with Crippen LogP contribution < -0.4 is 10.3 Å². The fraction of sp³-hybridized carbons (Fsp3) is 0.0833. The second-order valence-corrected chi connectivity index (χ2v) is 5.79. The summed E-state index contributed by atoms with van der Waals surface area (Å²) < 4.78 is 51.5. The van der Waals surface area contributed by atoms with Gasteiger partial charge in [-0.25, -0.2) is 17.2 Å². The van der Waals surface area contributed by atoms with Crippen LogP contribution in [-0.4, -0.2) is 18.9 Å². The number of rotatable bonds is 4. The number of sulfonamides is 1. The highest BCUT2D eigenvalue weighted by molar-refractivity contribution is 7.89. The van der Waals surface area contributed by atoms with Crippen molar-refractivity contribution in [2.24, 2.45) is 7.05 Å². The Morgan fingerprint density at radius 2 is 1.95 bits per heavy atom. The maximum absolute atomic E-state index is 13.4. The highest BCUT2D eigenvalue weighted by Crippen LogP contribution is 2.15. The molecule has 21 heavy (non-hydrogen) atoms. The number of aryl methyl sites for hydroxylation is 1. The largest absolute Gasteiger partial charge is 0.347 e. The maximum Gasteiger partial charge on any atom is 0.282 e. The lowest BCUT2D eigenvalue weighted by molar-refractivity contribution is 0.0937. The Hall–Kier alpha value is -2.26. The standard InChI is InChI=1S/C12H11F2N3O3S/c1-17-6-2-3-10(17)12(18)15-16-21(19,20)11-7-8(13)4-5-9(11)14/h2-7,16H,1H3,(H,15,18). The zero-order valence-corrected chi connectivity index (χ0v) is 11.6. The van der Waals surface area contributed by atoms with E-state index in [1.807, 2.05) is 5.43 Å². The summed E-state index contributed by atoms with van der Waals surface area (Å²) >= 11 is 0.